The number of carbonyl (C=O) groups is 1. The van der Waals surface area contributed by atoms with Gasteiger partial charge < -0.3 is 9.84 Å². The molecule has 1 aromatic carbocycles. The Morgan fingerprint density at radius 2 is 2.10 bits per heavy atom. The van der Waals surface area contributed by atoms with Crippen molar-refractivity contribution in [3.05, 3.63) is 64.2 Å². The topological polar surface area (TPSA) is 58.4 Å². The van der Waals surface area contributed by atoms with E-state index in [1.54, 1.807) is 23.5 Å². The summed E-state index contributed by atoms with van der Waals surface area (Å²) in [6.07, 6.45) is 0.783. The summed E-state index contributed by atoms with van der Waals surface area (Å²) in [6, 6.07) is 9.83. The Kier molecular flexibility index (Phi) is 5.78. The van der Waals surface area contributed by atoms with Crippen LogP contribution in [0.2, 0.25) is 0 Å². The van der Waals surface area contributed by atoms with Crippen LogP contribution in [0.3, 0.4) is 0 Å². The zero-order valence-corrected chi connectivity index (χ0v) is 17.3. The molecular formula is C22H24FN3O2S. The fourth-order valence-corrected chi connectivity index (χ4v) is 4.44. The van der Waals surface area contributed by atoms with E-state index in [0.717, 1.165) is 29.8 Å². The van der Waals surface area contributed by atoms with Gasteiger partial charge >= 0.3 is 0 Å². The molecule has 2 unspecified atom stereocenters. The largest absolute Gasteiger partial charge is 0.356 e. The molecule has 1 fully saturated rings. The van der Waals surface area contributed by atoms with Crippen molar-refractivity contribution in [1.82, 2.24) is 15.4 Å². The number of thiophene rings is 1. The van der Waals surface area contributed by atoms with Gasteiger partial charge in [0.05, 0.1) is 17.8 Å². The second-order valence-electron chi connectivity index (χ2n) is 7.88. The Labute approximate surface area is 173 Å². The van der Waals surface area contributed by atoms with Crippen molar-refractivity contribution in [2.45, 2.75) is 38.9 Å². The third-order valence-corrected chi connectivity index (χ3v) is 5.87. The van der Waals surface area contributed by atoms with E-state index < -0.39 is 0 Å². The third kappa shape index (κ3) is 4.57. The summed E-state index contributed by atoms with van der Waals surface area (Å²) < 4.78 is 18.6. The van der Waals surface area contributed by atoms with Gasteiger partial charge in [0.15, 0.2) is 5.76 Å². The first-order chi connectivity index (χ1) is 14.0. The maximum Gasteiger partial charge on any atom is 0.237 e. The maximum atomic E-state index is 13.2. The van der Waals surface area contributed by atoms with Gasteiger partial charge in [0.2, 0.25) is 5.91 Å². The number of halogens is 1. The zero-order valence-electron chi connectivity index (χ0n) is 16.5. The molecule has 1 N–H and O–H groups in total. The van der Waals surface area contributed by atoms with Crippen LogP contribution in [0.25, 0.3) is 11.3 Å². The first-order valence-corrected chi connectivity index (χ1v) is 10.7. The van der Waals surface area contributed by atoms with E-state index >= 15 is 0 Å². The second kappa shape index (κ2) is 8.47. The molecule has 3 aromatic rings. The summed E-state index contributed by atoms with van der Waals surface area (Å²) in [5, 5.41) is 11.5. The molecule has 2 atom stereocenters. The number of benzene rings is 1. The number of hydrogen-bond acceptors (Lipinski definition) is 5. The van der Waals surface area contributed by atoms with Gasteiger partial charge in [-0.3, -0.25) is 9.69 Å². The number of amides is 1. The molecule has 5 nitrogen and oxygen atoms in total. The molecule has 0 aliphatic carbocycles. The fourth-order valence-electron chi connectivity index (χ4n) is 3.73. The number of aromatic nitrogens is 1. The van der Waals surface area contributed by atoms with Crippen molar-refractivity contribution in [1.29, 1.82) is 0 Å². The Morgan fingerprint density at radius 1 is 1.31 bits per heavy atom. The van der Waals surface area contributed by atoms with Crippen molar-refractivity contribution in [3.63, 3.8) is 0 Å². The average Bonchev–Trinajstić information content (AvgIpc) is 3.37. The predicted molar refractivity (Wildman–Crippen MR) is 111 cm³/mol. The minimum absolute atomic E-state index is 0.0272. The first-order valence-electron chi connectivity index (χ1n) is 9.77. The van der Waals surface area contributed by atoms with Crippen LogP contribution in [0.4, 0.5) is 4.39 Å². The van der Waals surface area contributed by atoms with E-state index in [1.807, 2.05) is 11.4 Å². The molecule has 152 valence electrons. The van der Waals surface area contributed by atoms with Crippen LogP contribution in [0.5, 0.6) is 0 Å². The standard InChI is InChI=1S/C22H24FN3O2S/c1-14(2)9-20-22(27)24-19(16-7-8-29-13-16)12-26(20)11-18-10-21(28-25-18)15-3-5-17(23)6-4-15/h3-8,10,13-14,19-20H,9,11-12H2,1-2H3,(H,24,27). The highest BCUT2D eigenvalue weighted by Gasteiger charge is 2.36. The zero-order chi connectivity index (χ0) is 20.4. The fraction of sp³-hybridized carbons (Fsp3) is 0.364. The molecule has 0 saturated carbocycles. The van der Waals surface area contributed by atoms with Crippen LogP contribution in [0.1, 0.15) is 37.6 Å². The number of piperazine rings is 1. The molecule has 7 heteroatoms. The van der Waals surface area contributed by atoms with Crippen molar-refractivity contribution in [2.75, 3.05) is 6.54 Å². The number of hydrogen-bond donors (Lipinski definition) is 1. The van der Waals surface area contributed by atoms with Crippen molar-refractivity contribution < 1.29 is 13.7 Å². The molecule has 2 aromatic heterocycles. The van der Waals surface area contributed by atoms with Crippen LogP contribution in [0, 0.1) is 11.7 Å². The summed E-state index contributed by atoms with van der Waals surface area (Å²) in [5.41, 5.74) is 2.66. The minimum atomic E-state index is -0.288. The molecule has 1 saturated heterocycles. The predicted octanol–water partition coefficient (Wildman–Crippen LogP) is 4.63. The number of carbonyl (C=O) groups excluding carboxylic acids is 1. The van der Waals surface area contributed by atoms with Gasteiger partial charge in [-0.05, 0) is 59.0 Å². The molecule has 1 aliphatic rings. The summed E-state index contributed by atoms with van der Waals surface area (Å²) >= 11 is 1.63. The van der Waals surface area contributed by atoms with Crippen LogP contribution in [0.15, 0.2) is 51.7 Å². The smallest absolute Gasteiger partial charge is 0.237 e. The monoisotopic (exact) mass is 413 g/mol. The molecule has 4 rings (SSSR count). The minimum Gasteiger partial charge on any atom is -0.356 e. The van der Waals surface area contributed by atoms with E-state index in [2.05, 4.69) is 40.7 Å². The summed E-state index contributed by atoms with van der Waals surface area (Å²) in [5.74, 6) is 0.765. The Morgan fingerprint density at radius 3 is 2.79 bits per heavy atom. The SMILES string of the molecule is CC(C)CC1C(=O)NC(c2ccsc2)CN1Cc1cc(-c2ccc(F)cc2)on1. The molecule has 1 aliphatic heterocycles. The van der Waals surface area contributed by atoms with E-state index in [-0.39, 0.29) is 23.8 Å². The molecule has 0 bridgehead atoms. The maximum absolute atomic E-state index is 13.2. The summed E-state index contributed by atoms with van der Waals surface area (Å²) in [4.78, 5) is 15.1. The second-order valence-corrected chi connectivity index (χ2v) is 8.66. The molecule has 3 heterocycles. The lowest BCUT2D eigenvalue weighted by atomic mass is 9.96. The van der Waals surface area contributed by atoms with Gasteiger partial charge in [-0.15, -0.1) is 0 Å². The number of nitrogens with zero attached hydrogens (tertiary/aromatic N) is 2. The summed E-state index contributed by atoms with van der Waals surface area (Å²) in [6.45, 7) is 5.49. The first kappa shape index (κ1) is 19.8. The Balaban J connectivity index is 1.54. The highest BCUT2D eigenvalue weighted by molar-refractivity contribution is 7.08. The van der Waals surface area contributed by atoms with E-state index in [1.165, 1.54) is 12.1 Å². The molecule has 29 heavy (non-hydrogen) atoms. The third-order valence-electron chi connectivity index (χ3n) is 5.17. The average molecular weight is 414 g/mol. The lowest BCUT2D eigenvalue weighted by molar-refractivity contribution is -0.132. The van der Waals surface area contributed by atoms with Gasteiger partial charge in [-0.2, -0.15) is 11.3 Å². The van der Waals surface area contributed by atoms with Crippen LogP contribution in [-0.2, 0) is 11.3 Å². The van der Waals surface area contributed by atoms with Gasteiger partial charge in [0.25, 0.3) is 0 Å². The lowest BCUT2D eigenvalue weighted by Crippen LogP contribution is -2.56. The van der Waals surface area contributed by atoms with Gasteiger partial charge in [0.1, 0.15) is 5.82 Å². The van der Waals surface area contributed by atoms with Gasteiger partial charge in [0, 0.05) is 24.7 Å². The molecule has 1 amide bonds. The van der Waals surface area contributed by atoms with Crippen LogP contribution in [-0.4, -0.2) is 28.6 Å². The van der Waals surface area contributed by atoms with Gasteiger partial charge in [-0.25, -0.2) is 4.39 Å². The van der Waals surface area contributed by atoms with Crippen molar-refractivity contribution in [3.8, 4) is 11.3 Å². The quantitative estimate of drug-likeness (QED) is 0.640. The summed E-state index contributed by atoms with van der Waals surface area (Å²) in [7, 11) is 0. The highest BCUT2D eigenvalue weighted by Crippen LogP contribution is 2.28. The van der Waals surface area contributed by atoms with E-state index in [0.29, 0.717) is 18.2 Å². The van der Waals surface area contributed by atoms with Crippen LogP contribution >= 0.6 is 11.3 Å². The normalized spacial score (nSPS) is 20.2. The van der Waals surface area contributed by atoms with E-state index in [9.17, 15) is 9.18 Å². The molecular weight excluding hydrogens is 389 g/mol. The lowest BCUT2D eigenvalue weighted by Gasteiger charge is -2.39. The van der Waals surface area contributed by atoms with Crippen LogP contribution < -0.4 is 5.32 Å². The van der Waals surface area contributed by atoms with Crippen molar-refractivity contribution >= 4 is 17.2 Å². The molecule has 0 radical (unpaired) electrons. The number of rotatable bonds is 6. The highest BCUT2D eigenvalue weighted by atomic mass is 32.1. The van der Waals surface area contributed by atoms with Crippen molar-refractivity contribution in [2.24, 2.45) is 5.92 Å². The molecule has 0 spiro atoms. The van der Waals surface area contributed by atoms with E-state index in [4.69, 9.17) is 4.52 Å². The number of nitrogens with one attached hydrogen (secondary N) is 1. The Bertz CT molecular complexity index is 953. The van der Waals surface area contributed by atoms with Gasteiger partial charge in [-0.1, -0.05) is 19.0 Å². The Hall–Kier alpha value is -2.51.